The number of imidazole rings is 1. The van der Waals surface area contributed by atoms with Crippen LogP contribution < -0.4 is 4.74 Å². The number of nitrogens with zero attached hydrogens (tertiary/aromatic N) is 3. The van der Waals surface area contributed by atoms with Gasteiger partial charge in [-0.3, -0.25) is 9.59 Å². The second-order valence-corrected chi connectivity index (χ2v) is 8.70. The van der Waals surface area contributed by atoms with E-state index in [1.54, 1.807) is 42.9 Å². The number of aliphatic hydroxyl groups excluding tert-OH is 1. The lowest BCUT2D eigenvalue weighted by molar-refractivity contribution is -0.139. The van der Waals surface area contributed by atoms with Crippen molar-refractivity contribution in [3.8, 4) is 11.5 Å². The van der Waals surface area contributed by atoms with E-state index < -0.39 is 17.7 Å². The molecule has 2 aliphatic rings. The molecule has 174 valence electrons. The number of ether oxygens (including phenoxy) is 1. The fraction of sp³-hybridized carbons (Fsp3) is 0.269. The highest BCUT2D eigenvalue weighted by atomic mass is 16.5. The third-order valence-electron chi connectivity index (χ3n) is 6.27. The Kier molecular flexibility index (Phi) is 5.57. The lowest BCUT2D eigenvalue weighted by Crippen LogP contribution is -2.31. The van der Waals surface area contributed by atoms with Crippen molar-refractivity contribution in [1.82, 2.24) is 14.5 Å². The number of aromatic nitrogens is 2. The third kappa shape index (κ3) is 3.91. The number of rotatable bonds is 6. The number of carbonyl (C=O) groups is 2. The summed E-state index contributed by atoms with van der Waals surface area (Å²) in [5.74, 6) is -0.859. The monoisotopic (exact) mass is 459 g/mol. The molecule has 0 aliphatic carbocycles. The lowest BCUT2D eigenvalue weighted by atomic mass is 9.94. The molecule has 3 aromatic rings. The first-order valence-electron chi connectivity index (χ1n) is 11.3. The van der Waals surface area contributed by atoms with Gasteiger partial charge >= 0.3 is 0 Å². The number of carbonyl (C=O) groups excluding carboxylic acids is 2. The molecule has 0 saturated carbocycles. The smallest absolute Gasteiger partial charge is 0.295 e. The number of likely N-dealkylation sites (tertiary alicyclic amines) is 1. The van der Waals surface area contributed by atoms with Crippen LogP contribution in [0.15, 0.2) is 66.8 Å². The van der Waals surface area contributed by atoms with Crippen LogP contribution in [0.4, 0.5) is 0 Å². The van der Waals surface area contributed by atoms with E-state index in [0.29, 0.717) is 37.1 Å². The summed E-state index contributed by atoms with van der Waals surface area (Å²) in [6, 6.07) is 10.9. The zero-order valence-electron chi connectivity index (χ0n) is 18.7. The van der Waals surface area contributed by atoms with Gasteiger partial charge in [0, 0.05) is 37.5 Å². The van der Waals surface area contributed by atoms with Crippen LogP contribution in [0.3, 0.4) is 0 Å². The largest absolute Gasteiger partial charge is 0.508 e. The summed E-state index contributed by atoms with van der Waals surface area (Å²) in [6.45, 7) is 2.89. The SMILES string of the molecule is C[C@H]1Cc2cc(/C(O)=C3\C(=O)C(=O)N(CCCn4ccnc4)[C@H]3c3cccc(O)c3)ccc2O1. The maximum absolute atomic E-state index is 13.2. The Labute approximate surface area is 196 Å². The van der Waals surface area contributed by atoms with Gasteiger partial charge in [0.05, 0.1) is 17.9 Å². The molecule has 5 rings (SSSR count). The normalized spacial score (nSPS) is 21.0. The van der Waals surface area contributed by atoms with Gasteiger partial charge in [0.15, 0.2) is 0 Å². The predicted molar refractivity (Wildman–Crippen MR) is 124 cm³/mol. The number of aryl methyl sites for hydroxylation is 1. The first-order chi connectivity index (χ1) is 16.4. The molecule has 8 nitrogen and oxygen atoms in total. The van der Waals surface area contributed by atoms with Crippen molar-refractivity contribution >= 4 is 17.4 Å². The lowest BCUT2D eigenvalue weighted by Gasteiger charge is -2.25. The van der Waals surface area contributed by atoms with E-state index in [2.05, 4.69) is 4.98 Å². The molecule has 0 spiro atoms. The van der Waals surface area contributed by atoms with Crippen molar-refractivity contribution in [2.24, 2.45) is 0 Å². The van der Waals surface area contributed by atoms with E-state index in [-0.39, 0.29) is 23.2 Å². The fourth-order valence-electron chi connectivity index (χ4n) is 4.72. The molecular formula is C26H25N3O5. The van der Waals surface area contributed by atoms with Gasteiger partial charge in [0.2, 0.25) is 0 Å². The number of hydrogen-bond acceptors (Lipinski definition) is 6. The Bertz CT molecular complexity index is 1280. The van der Waals surface area contributed by atoms with Crippen LogP contribution in [-0.4, -0.2) is 49.0 Å². The summed E-state index contributed by atoms with van der Waals surface area (Å²) in [5, 5.41) is 21.3. The number of fused-ring (bicyclic) bond motifs is 1. The molecule has 0 bridgehead atoms. The van der Waals surface area contributed by atoms with Gasteiger partial charge in [0.1, 0.15) is 23.4 Å². The van der Waals surface area contributed by atoms with E-state index in [4.69, 9.17) is 4.74 Å². The van der Waals surface area contributed by atoms with Gasteiger partial charge in [-0.15, -0.1) is 0 Å². The summed E-state index contributed by atoms with van der Waals surface area (Å²) < 4.78 is 7.64. The molecule has 1 saturated heterocycles. The first-order valence-corrected chi connectivity index (χ1v) is 11.3. The topological polar surface area (TPSA) is 105 Å². The molecule has 3 heterocycles. The average Bonchev–Trinajstić information content (AvgIpc) is 3.52. The predicted octanol–water partition coefficient (Wildman–Crippen LogP) is 3.42. The number of phenolic OH excluding ortho intramolecular Hbond substituents is 1. The Hall–Kier alpha value is -4.07. The van der Waals surface area contributed by atoms with Crippen LogP contribution in [0, 0.1) is 0 Å². The highest BCUT2D eigenvalue weighted by Gasteiger charge is 2.46. The van der Waals surface area contributed by atoms with Crippen molar-refractivity contribution in [2.45, 2.75) is 38.5 Å². The zero-order chi connectivity index (χ0) is 23.8. The van der Waals surface area contributed by atoms with Gasteiger partial charge < -0.3 is 24.4 Å². The number of aromatic hydroxyl groups is 1. The molecule has 1 fully saturated rings. The van der Waals surface area contributed by atoms with Gasteiger partial charge in [0.25, 0.3) is 11.7 Å². The number of Topliss-reactive ketones (excluding diaryl/α,β-unsaturated/α-hetero) is 1. The maximum atomic E-state index is 13.2. The van der Waals surface area contributed by atoms with E-state index >= 15 is 0 Å². The second kappa shape index (κ2) is 8.70. The number of phenols is 1. The zero-order valence-corrected chi connectivity index (χ0v) is 18.7. The van der Waals surface area contributed by atoms with Gasteiger partial charge in [-0.1, -0.05) is 12.1 Å². The number of hydrogen-bond donors (Lipinski definition) is 2. The van der Waals surface area contributed by atoms with Gasteiger partial charge in [-0.25, -0.2) is 4.98 Å². The van der Waals surface area contributed by atoms with Crippen molar-refractivity contribution in [3.05, 3.63) is 83.4 Å². The Balaban J connectivity index is 1.53. The highest BCUT2D eigenvalue weighted by molar-refractivity contribution is 6.46. The first kappa shape index (κ1) is 21.8. The Morgan fingerprint density at radius 3 is 2.79 bits per heavy atom. The van der Waals surface area contributed by atoms with Crippen molar-refractivity contribution in [3.63, 3.8) is 0 Å². The van der Waals surface area contributed by atoms with Gasteiger partial charge in [-0.2, -0.15) is 0 Å². The van der Waals surface area contributed by atoms with Crippen LogP contribution in [0.1, 0.15) is 36.1 Å². The molecule has 1 amide bonds. The van der Waals surface area contributed by atoms with Gasteiger partial charge in [-0.05, 0) is 54.8 Å². The molecule has 0 radical (unpaired) electrons. The summed E-state index contributed by atoms with van der Waals surface area (Å²) >= 11 is 0. The average molecular weight is 460 g/mol. The summed E-state index contributed by atoms with van der Waals surface area (Å²) in [4.78, 5) is 31.7. The van der Waals surface area contributed by atoms with Crippen molar-refractivity contribution < 1.29 is 24.5 Å². The van der Waals surface area contributed by atoms with Crippen LogP contribution in [-0.2, 0) is 22.6 Å². The summed E-state index contributed by atoms with van der Waals surface area (Å²) in [7, 11) is 0. The quantitative estimate of drug-likeness (QED) is 0.333. The Morgan fingerprint density at radius 1 is 1.18 bits per heavy atom. The molecular weight excluding hydrogens is 434 g/mol. The standard InChI is InChI=1S/C26H25N3O5/c1-16-12-19-13-18(6-7-21(19)34-16)24(31)22-23(17-4-2-5-20(30)14-17)29(26(33)25(22)32)10-3-9-28-11-8-27-15-28/h2,4-8,11,13-16,23,30-31H,3,9-10,12H2,1H3/b24-22+/t16-,23-/m0/s1. The van der Waals surface area contributed by atoms with Crippen LogP contribution in [0.25, 0.3) is 5.76 Å². The molecule has 2 N–H and O–H groups in total. The van der Waals surface area contributed by atoms with Crippen LogP contribution >= 0.6 is 0 Å². The third-order valence-corrected chi connectivity index (χ3v) is 6.27. The molecule has 2 aromatic carbocycles. The number of aliphatic hydroxyl groups is 1. The minimum atomic E-state index is -0.807. The van der Waals surface area contributed by atoms with E-state index in [1.807, 2.05) is 17.7 Å². The van der Waals surface area contributed by atoms with Crippen molar-refractivity contribution in [2.75, 3.05) is 6.54 Å². The maximum Gasteiger partial charge on any atom is 0.295 e. The highest BCUT2D eigenvalue weighted by Crippen LogP contribution is 2.41. The number of benzene rings is 2. The minimum absolute atomic E-state index is 0.0187. The Morgan fingerprint density at radius 2 is 2.03 bits per heavy atom. The second-order valence-electron chi connectivity index (χ2n) is 8.70. The molecule has 34 heavy (non-hydrogen) atoms. The molecule has 8 heteroatoms. The number of ketones is 1. The summed E-state index contributed by atoms with van der Waals surface area (Å²) in [6.07, 6.45) is 6.54. The van der Waals surface area contributed by atoms with Crippen LogP contribution in [0.5, 0.6) is 11.5 Å². The van der Waals surface area contributed by atoms with E-state index in [1.165, 1.54) is 17.0 Å². The van der Waals surface area contributed by atoms with Crippen LogP contribution in [0.2, 0.25) is 0 Å². The fourth-order valence-corrected chi connectivity index (χ4v) is 4.72. The molecule has 0 unspecified atom stereocenters. The molecule has 2 atom stereocenters. The van der Waals surface area contributed by atoms with E-state index in [9.17, 15) is 19.8 Å². The number of amides is 1. The summed E-state index contributed by atoms with van der Waals surface area (Å²) in [5.41, 5.74) is 1.98. The molecule has 2 aliphatic heterocycles. The van der Waals surface area contributed by atoms with Crippen molar-refractivity contribution in [1.29, 1.82) is 0 Å². The minimum Gasteiger partial charge on any atom is -0.508 e. The van der Waals surface area contributed by atoms with E-state index in [0.717, 1.165) is 11.3 Å². The molecule has 1 aromatic heterocycles.